The molecule has 0 atom stereocenters. The number of aromatic nitrogens is 3. The van der Waals surface area contributed by atoms with Crippen molar-refractivity contribution in [1.82, 2.24) is 15.2 Å². The number of rotatable bonds is 0. The normalized spacial score (nSPS) is 6.57. The number of nitrogens with one attached hydrogen (secondary N) is 1. The molecule has 1 rings (SSSR count). The fourth-order valence-electron chi connectivity index (χ4n) is 0.167. The molecule has 0 aliphatic rings. The largest absolute Gasteiger partial charge is 0.274 e. The maximum Gasteiger partial charge on any atom is 0.137 e. The standard InChI is InChI=1S/C2H3N3.H4N2/c1-3-2-5-4-1;1-2/h1-2H,(H,3,4,5);1-2H2. The van der Waals surface area contributed by atoms with E-state index in [0.717, 1.165) is 0 Å². The van der Waals surface area contributed by atoms with Gasteiger partial charge in [0.05, 0.1) is 0 Å². The minimum Gasteiger partial charge on any atom is -0.274 e. The molecule has 0 saturated carbocycles. The lowest BCUT2D eigenvalue weighted by molar-refractivity contribution is 1.09. The van der Waals surface area contributed by atoms with Crippen LogP contribution in [0.2, 0.25) is 0 Å². The van der Waals surface area contributed by atoms with Crippen molar-refractivity contribution >= 4 is 0 Å². The molecular formula is C2H7N5. The van der Waals surface area contributed by atoms with Crippen molar-refractivity contribution in [1.29, 1.82) is 0 Å². The Bertz CT molecular complexity index is 62.6. The average molecular weight is 101 g/mol. The SMILES string of the molecule is NN.c1nc[nH]n1. The van der Waals surface area contributed by atoms with Crippen LogP contribution in [0, 0.1) is 0 Å². The molecule has 0 aliphatic heterocycles. The molecule has 1 aromatic rings. The maximum absolute atomic E-state index is 4.00. The molecule has 0 amide bonds. The van der Waals surface area contributed by atoms with Gasteiger partial charge in [0.1, 0.15) is 12.7 Å². The molecule has 7 heavy (non-hydrogen) atoms. The second-order valence-electron chi connectivity index (χ2n) is 0.652. The number of H-pyrrole nitrogens is 1. The Morgan fingerprint density at radius 2 is 2.14 bits per heavy atom. The Hall–Kier alpha value is -0.940. The molecule has 0 fully saturated rings. The van der Waals surface area contributed by atoms with Crippen LogP contribution in [0.5, 0.6) is 0 Å². The van der Waals surface area contributed by atoms with Crippen LogP contribution in [0.4, 0.5) is 0 Å². The number of nitrogens with two attached hydrogens (primary N) is 2. The Morgan fingerprint density at radius 1 is 1.43 bits per heavy atom. The number of aromatic amines is 1. The molecule has 0 radical (unpaired) electrons. The second kappa shape index (κ2) is 5.06. The smallest absolute Gasteiger partial charge is 0.137 e. The molecule has 5 nitrogen and oxygen atoms in total. The topological polar surface area (TPSA) is 93.6 Å². The number of nitrogens with zero attached hydrogens (tertiary/aromatic N) is 2. The van der Waals surface area contributed by atoms with Gasteiger partial charge >= 0.3 is 0 Å². The summed E-state index contributed by atoms with van der Waals surface area (Å²) in [5, 5.41) is 5.99. The van der Waals surface area contributed by atoms with E-state index in [1.165, 1.54) is 12.7 Å². The van der Waals surface area contributed by atoms with Gasteiger partial charge in [-0.25, -0.2) is 4.98 Å². The number of hydrogen-bond acceptors (Lipinski definition) is 4. The zero-order valence-corrected chi connectivity index (χ0v) is 3.70. The first-order chi connectivity index (χ1) is 3.50. The molecule has 0 spiro atoms. The maximum atomic E-state index is 4.00. The van der Waals surface area contributed by atoms with Gasteiger partial charge in [-0.15, -0.1) is 0 Å². The summed E-state index contributed by atoms with van der Waals surface area (Å²) in [6.07, 6.45) is 2.96. The van der Waals surface area contributed by atoms with E-state index in [0.29, 0.717) is 0 Å². The highest BCUT2D eigenvalue weighted by Crippen LogP contribution is 1.53. The van der Waals surface area contributed by atoms with Crippen molar-refractivity contribution in [3.8, 4) is 0 Å². The predicted molar refractivity (Wildman–Crippen MR) is 24.8 cm³/mol. The first-order valence-electron chi connectivity index (χ1n) is 1.62. The molecule has 0 saturated heterocycles. The summed E-state index contributed by atoms with van der Waals surface area (Å²) in [4.78, 5) is 3.56. The minimum atomic E-state index is 1.44. The second-order valence-corrected chi connectivity index (χ2v) is 0.652. The first kappa shape index (κ1) is 6.06. The lowest BCUT2D eigenvalue weighted by atomic mass is 11.3. The molecule has 1 heterocycles. The van der Waals surface area contributed by atoms with E-state index in [9.17, 15) is 0 Å². The zero-order valence-electron chi connectivity index (χ0n) is 3.70. The van der Waals surface area contributed by atoms with Crippen molar-refractivity contribution in [3.05, 3.63) is 12.7 Å². The van der Waals surface area contributed by atoms with Crippen LogP contribution in [0.25, 0.3) is 0 Å². The average Bonchev–Trinajstić information content (AvgIpc) is 2.23. The Balaban J connectivity index is 0.000000162. The van der Waals surface area contributed by atoms with Crippen LogP contribution in [-0.2, 0) is 0 Å². The van der Waals surface area contributed by atoms with E-state index in [1.54, 1.807) is 0 Å². The minimum absolute atomic E-state index is 1.44. The van der Waals surface area contributed by atoms with Crippen molar-refractivity contribution in [2.45, 2.75) is 0 Å². The van der Waals surface area contributed by atoms with E-state index >= 15 is 0 Å². The molecule has 5 N–H and O–H groups in total. The van der Waals surface area contributed by atoms with E-state index in [1.807, 2.05) is 0 Å². The molecule has 40 valence electrons. The quantitative estimate of drug-likeness (QED) is 0.277. The van der Waals surface area contributed by atoms with Crippen molar-refractivity contribution in [2.24, 2.45) is 11.7 Å². The molecule has 0 unspecified atom stereocenters. The molecule has 0 aromatic carbocycles. The molecule has 1 aromatic heterocycles. The molecular weight excluding hydrogens is 94.1 g/mol. The fourth-order valence-corrected chi connectivity index (χ4v) is 0.167. The highest BCUT2D eigenvalue weighted by Gasteiger charge is 1.57. The highest BCUT2D eigenvalue weighted by molar-refractivity contribution is 4.43. The first-order valence-corrected chi connectivity index (χ1v) is 1.62. The van der Waals surface area contributed by atoms with E-state index in [4.69, 9.17) is 0 Å². The van der Waals surface area contributed by atoms with Gasteiger partial charge in [0.25, 0.3) is 0 Å². The van der Waals surface area contributed by atoms with Crippen molar-refractivity contribution in [3.63, 3.8) is 0 Å². The Kier molecular flexibility index (Phi) is 4.38. The molecule has 0 aliphatic carbocycles. The van der Waals surface area contributed by atoms with Gasteiger partial charge in [0.15, 0.2) is 0 Å². The van der Waals surface area contributed by atoms with E-state index in [-0.39, 0.29) is 0 Å². The highest BCUT2D eigenvalue weighted by atomic mass is 15.2. The van der Waals surface area contributed by atoms with Crippen LogP contribution in [0.1, 0.15) is 0 Å². The molecule has 5 heteroatoms. The predicted octanol–water partition coefficient (Wildman–Crippen LogP) is -1.38. The summed E-state index contributed by atoms with van der Waals surface area (Å²) >= 11 is 0. The third-order valence-electron chi connectivity index (χ3n) is 0.331. The summed E-state index contributed by atoms with van der Waals surface area (Å²) < 4.78 is 0. The Morgan fingerprint density at radius 3 is 2.29 bits per heavy atom. The lowest BCUT2D eigenvalue weighted by Crippen LogP contribution is -2.02. The van der Waals surface area contributed by atoms with Gasteiger partial charge in [-0.3, -0.25) is 16.8 Å². The fraction of sp³-hybridized carbons (Fsp3) is 0. The van der Waals surface area contributed by atoms with Crippen molar-refractivity contribution < 1.29 is 0 Å². The van der Waals surface area contributed by atoms with Gasteiger partial charge in [0.2, 0.25) is 0 Å². The van der Waals surface area contributed by atoms with Crippen LogP contribution < -0.4 is 11.7 Å². The van der Waals surface area contributed by atoms with E-state index in [2.05, 4.69) is 26.9 Å². The van der Waals surface area contributed by atoms with Gasteiger partial charge in [-0.2, -0.15) is 5.10 Å². The van der Waals surface area contributed by atoms with E-state index < -0.39 is 0 Å². The summed E-state index contributed by atoms with van der Waals surface area (Å²) in [5.41, 5.74) is 0. The number of hydrogen-bond donors (Lipinski definition) is 3. The third-order valence-corrected chi connectivity index (χ3v) is 0.331. The van der Waals surface area contributed by atoms with Gasteiger partial charge in [-0.1, -0.05) is 0 Å². The van der Waals surface area contributed by atoms with Gasteiger partial charge < -0.3 is 0 Å². The lowest BCUT2D eigenvalue weighted by Gasteiger charge is -1.46. The van der Waals surface area contributed by atoms with Crippen LogP contribution in [0.15, 0.2) is 12.7 Å². The number of hydrazine groups is 1. The zero-order chi connectivity index (χ0) is 5.54. The summed E-state index contributed by atoms with van der Waals surface area (Å²) in [7, 11) is 0. The van der Waals surface area contributed by atoms with Gasteiger partial charge in [0, 0.05) is 0 Å². The molecule has 0 bridgehead atoms. The van der Waals surface area contributed by atoms with Crippen molar-refractivity contribution in [2.75, 3.05) is 0 Å². The summed E-state index contributed by atoms with van der Waals surface area (Å²) in [6.45, 7) is 0. The summed E-state index contributed by atoms with van der Waals surface area (Å²) in [5.74, 6) is 8.00. The monoisotopic (exact) mass is 101 g/mol. The van der Waals surface area contributed by atoms with Crippen LogP contribution >= 0.6 is 0 Å². The van der Waals surface area contributed by atoms with Gasteiger partial charge in [-0.05, 0) is 0 Å². The third kappa shape index (κ3) is 2.87. The summed E-state index contributed by atoms with van der Waals surface area (Å²) in [6, 6.07) is 0. The Labute approximate surface area is 40.7 Å². The van der Waals surface area contributed by atoms with Crippen LogP contribution in [-0.4, -0.2) is 15.2 Å². The van der Waals surface area contributed by atoms with Crippen LogP contribution in [0.3, 0.4) is 0 Å².